The number of amides is 1. The largest absolute Gasteiger partial charge is 0.378 e. The number of nitrogens with zero attached hydrogens (tertiary/aromatic N) is 1. The van der Waals surface area contributed by atoms with E-state index in [1.807, 2.05) is 35.2 Å². The van der Waals surface area contributed by atoms with E-state index in [0.29, 0.717) is 26.3 Å². The number of ether oxygens (including phenoxy) is 1. The molecule has 1 amide bonds. The molecule has 0 aliphatic carbocycles. The molecule has 1 atom stereocenters. The molecule has 0 radical (unpaired) electrons. The number of morpholine rings is 1. The third-order valence-corrected chi connectivity index (χ3v) is 4.46. The Balaban J connectivity index is 0.00000192. The Labute approximate surface area is 142 Å². The number of hydrogen-bond acceptors (Lipinski definition) is 4. The van der Waals surface area contributed by atoms with Gasteiger partial charge in [-0.25, -0.2) is 0 Å². The van der Waals surface area contributed by atoms with Gasteiger partial charge in [0, 0.05) is 31.1 Å². The fourth-order valence-electron chi connectivity index (χ4n) is 3.14. The van der Waals surface area contributed by atoms with Gasteiger partial charge >= 0.3 is 0 Å². The van der Waals surface area contributed by atoms with E-state index in [1.54, 1.807) is 0 Å². The summed E-state index contributed by atoms with van der Waals surface area (Å²) in [6, 6.07) is 9.19. The van der Waals surface area contributed by atoms with Crippen LogP contribution >= 0.6 is 12.4 Å². The first kappa shape index (κ1) is 17.9. The molecule has 0 saturated carbocycles. The van der Waals surface area contributed by atoms with Gasteiger partial charge < -0.3 is 15.0 Å². The number of benzene rings is 1. The van der Waals surface area contributed by atoms with Crippen LogP contribution in [-0.2, 0) is 9.53 Å². The smallest absolute Gasteiger partial charge is 0.242 e. The van der Waals surface area contributed by atoms with Crippen molar-refractivity contribution in [3.05, 3.63) is 35.9 Å². The van der Waals surface area contributed by atoms with E-state index >= 15 is 0 Å². The Morgan fingerprint density at radius 1 is 1.13 bits per heavy atom. The van der Waals surface area contributed by atoms with E-state index in [9.17, 15) is 9.59 Å². The van der Waals surface area contributed by atoms with Crippen molar-refractivity contribution >= 4 is 24.1 Å². The van der Waals surface area contributed by atoms with E-state index in [-0.39, 0.29) is 36.1 Å². The number of piperidine rings is 1. The molecule has 1 N–H and O–H groups in total. The third kappa shape index (κ3) is 4.31. The van der Waals surface area contributed by atoms with Crippen molar-refractivity contribution in [3.8, 4) is 0 Å². The van der Waals surface area contributed by atoms with Gasteiger partial charge in [-0.15, -0.1) is 12.4 Å². The molecule has 1 aromatic rings. The Morgan fingerprint density at radius 2 is 1.83 bits per heavy atom. The summed E-state index contributed by atoms with van der Waals surface area (Å²) in [5.41, 5.74) is 0.773. The molecule has 0 aromatic heterocycles. The lowest BCUT2D eigenvalue weighted by Crippen LogP contribution is -2.54. The van der Waals surface area contributed by atoms with Crippen molar-refractivity contribution in [1.29, 1.82) is 0 Å². The molecule has 2 aliphatic rings. The molecule has 2 fully saturated rings. The highest BCUT2D eigenvalue weighted by Crippen LogP contribution is 2.22. The first-order valence-electron chi connectivity index (χ1n) is 7.95. The lowest BCUT2D eigenvalue weighted by Gasteiger charge is -2.35. The summed E-state index contributed by atoms with van der Waals surface area (Å²) in [5, 5.41) is 3.19. The molecular formula is C17H23ClN2O3. The molecule has 2 heterocycles. The fourth-order valence-corrected chi connectivity index (χ4v) is 3.14. The Hall–Kier alpha value is -1.43. The minimum atomic E-state index is -0.227. The summed E-state index contributed by atoms with van der Waals surface area (Å²) < 4.78 is 5.35. The van der Waals surface area contributed by atoms with E-state index in [2.05, 4.69) is 5.32 Å². The lowest BCUT2D eigenvalue weighted by molar-refractivity contribution is -0.137. The number of carbonyl (C=O) groups excluding carboxylic acids is 2. The maximum Gasteiger partial charge on any atom is 0.242 e. The maximum atomic E-state index is 12.4. The molecule has 1 aromatic carbocycles. The molecule has 2 aliphatic heterocycles. The monoisotopic (exact) mass is 338 g/mol. The van der Waals surface area contributed by atoms with Gasteiger partial charge in [-0.1, -0.05) is 30.3 Å². The van der Waals surface area contributed by atoms with Crippen LogP contribution in [0.15, 0.2) is 30.3 Å². The standard InChI is InChI=1S/C17H22N2O3.ClH/c20-16(13-4-2-1-3-5-13)14-6-9-19(10-7-14)17(21)15-12-22-11-8-18-15;/h1-5,14-15,18H,6-12H2;1H. The molecule has 6 heteroatoms. The zero-order valence-corrected chi connectivity index (χ0v) is 13.9. The molecule has 5 nitrogen and oxygen atoms in total. The molecule has 3 rings (SSSR count). The number of likely N-dealkylation sites (tertiary alicyclic amines) is 1. The van der Waals surface area contributed by atoms with Crippen LogP contribution in [0.3, 0.4) is 0 Å². The molecule has 0 bridgehead atoms. The summed E-state index contributed by atoms with van der Waals surface area (Å²) in [4.78, 5) is 26.7. The topological polar surface area (TPSA) is 58.6 Å². The summed E-state index contributed by atoms with van der Waals surface area (Å²) in [6.45, 7) is 3.14. The minimum absolute atomic E-state index is 0. The second kappa shape index (κ2) is 8.43. The van der Waals surface area contributed by atoms with Crippen molar-refractivity contribution in [2.75, 3.05) is 32.8 Å². The highest BCUT2D eigenvalue weighted by molar-refractivity contribution is 5.98. The van der Waals surface area contributed by atoms with Crippen molar-refractivity contribution in [2.45, 2.75) is 18.9 Å². The highest BCUT2D eigenvalue weighted by atomic mass is 35.5. The summed E-state index contributed by atoms with van der Waals surface area (Å²) in [5.74, 6) is 0.333. The quantitative estimate of drug-likeness (QED) is 0.849. The highest BCUT2D eigenvalue weighted by Gasteiger charge is 2.31. The van der Waals surface area contributed by atoms with Gasteiger partial charge in [0.05, 0.1) is 13.2 Å². The number of rotatable bonds is 3. The van der Waals surface area contributed by atoms with Crippen LogP contribution in [0.25, 0.3) is 0 Å². The SMILES string of the molecule is Cl.O=C(c1ccccc1)C1CCN(C(=O)C2COCCN2)CC1. The van der Waals surface area contributed by atoms with Crippen LogP contribution < -0.4 is 5.32 Å². The first-order chi connectivity index (χ1) is 10.8. The molecule has 23 heavy (non-hydrogen) atoms. The van der Waals surface area contributed by atoms with Crippen molar-refractivity contribution in [1.82, 2.24) is 10.2 Å². The van der Waals surface area contributed by atoms with Crippen LogP contribution in [0.4, 0.5) is 0 Å². The Bertz CT molecular complexity index is 524. The first-order valence-corrected chi connectivity index (χ1v) is 7.95. The van der Waals surface area contributed by atoms with Crippen LogP contribution in [0.1, 0.15) is 23.2 Å². The average Bonchev–Trinajstić information content (AvgIpc) is 2.62. The minimum Gasteiger partial charge on any atom is -0.378 e. The predicted octanol–water partition coefficient (Wildman–Crippen LogP) is 1.52. The number of ketones is 1. The molecular weight excluding hydrogens is 316 g/mol. The lowest BCUT2D eigenvalue weighted by atomic mass is 9.88. The second-order valence-corrected chi connectivity index (χ2v) is 5.91. The van der Waals surface area contributed by atoms with Crippen molar-refractivity contribution in [3.63, 3.8) is 0 Å². The number of hydrogen-bond donors (Lipinski definition) is 1. The number of Topliss-reactive ketones (excluding diaryl/α,β-unsaturated/α-hetero) is 1. The summed E-state index contributed by atoms with van der Waals surface area (Å²) >= 11 is 0. The molecule has 0 spiro atoms. The second-order valence-electron chi connectivity index (χ2n) is 5.91. The van der Waals surface area contributed by atoms with Gasteiger partial charge in [0.1, 0.15) is 6.04 Å². The fraction of sp³-hybridized carbons (Fsp3) is 0.529. The van der Waals surface area contributed by atoms with Gasteiger partial charge in [-0.3, -0.25) is 9.59 Å². The normalized spacial score (nSPS) is 22.3. The van der Waals surface area contributed by atoms with E-state index < -0.39 is 0 Å². The predicted molar refractivity (Wildman–Crippen MR) is 89.9 cm³/mol. The zero-order valence-electron chi connectivity index (χ0n) is 13.1. The van der Waals surface area contributed by atoms with Gasteiger partial charge in [0.25, 0.3) is 0 Å². The zero-order chi connectivity index (χ0) is 15.4. The summed E-state index contributed by atoms with van der Waals surface area (Å²) in [7, 11) is 0. The number of halogens is 1. The molecule has 1 unspecified atom stereocenters. The van der Waals surface area contributed by atoms with Crippen LogP contribution in [0.2, 0.25) is 0 Å². The number of carbonyl (C=O) groups is 2. The third-order valence-electron chi connectivity index (χ3n) is 4.46. The molecule has 126 valence electrons. The maximum absolute atomic E-state index is 12.4. The molecule has 2 saturated heterocycles. The Kier molecular flexibility index (Phi) is 6.57. The van der Waals surface area contributed by atoms with Crippen LogP contribution in [0.5, 0.6) is 0 Å². The van der Waals surface area contributed by atoms with E-state index in [4.69, 9.17) is 4.74 Å². The van der Waals surface area contributed by atoms with Gasteiger partial charge in [0.2, 0.25) is 5.91 Å². The van der Waals surface area contributed by atoms with Crippen LogP contribution in [0, 0.1) is 5.92 Å². The van der Waals surface area contributed by atoms with E-state index in [1.165, 1.54) is 0 Å². The average molecular weight is 339 g/mol. The van der Waals surface area contributed by atoms with Gasteiger partial charge in [-0.2, -0.15) is 0 Å². The van der Waals surface area contributed by atoms with Gasteiger partial charge in [0.15, 0.2) is 5.78 Å². The van der Waals surface area contributed by atoms with E-state index in [0.717, 1.165) is 24.9 Å². The van der Waals surface area contributed by atoms with Crippen LogP contribution in [-0.4, -0.2) is 55.5 Å². The number of nitrogens with one attached hydrogen (secondary N) is 1. The van der Waals surface area contributed by atoms with Gasteiger partial charge in [-0.05, 0) is 12.8 Å². The van der Waals surface area contributed by atoms with Crippen molar-refractivity contribution < 1.29 is 14.3 Å². The summed E-state index contributed by atoms with van der Waals surface area (Å²) in [6.07, 6.45) is 1.49. The Morgan fingerprint density at radius 3 is 2.43 bits per heavy atom. The van der Waals surface area contributed by atoms with Crippen molar-refractivity contribution in [2.24, 2.45) is 5.92 Å².